The van der Waals surface area contributed by atoms with E-state index in [1.807, 2.05) is 0 Å². The first-order valence-electron chi connectivity index (χ1n) is 7.60. The normalized spacial score (nSPS) is 10.5. The van der Waals surface area contributed by atoms with Gasteiger partial charge in [0.1, 0.15) is 0 Å². The molecule has 0 aliphatic rings. The third-order valence-electron chi connectivity index (χ3n) is 3.80. The van der Waals surface area contributed by atoms with Crippen molar-refractivity contribution in [2.24, 2.45) is 0 Å². The standard InChI is InChI=1S/C18H13N3O5/c1-12-11-19(14-8-5-9-15(10-14)21(25)26)18(24)20(16(12)22)17(23)13-6-3-2-4-7-13/h2-11H,1H3. The molecular weight excluding hydrogens is 338 g/mol. The van der Waals surface area contributed by atoms with E-state index in [-0.39, 0.29) is 22.5 Å². The monoisotopic (exact) mass is 351 g/mol. The zero-order valence-corrected chi connectivity index (χ0v) is 13.7. The maximum Gasteiger partial charge on any atom is 0.342 e. The van der Waals surface area contributed by atoms with Crippen LogP contribution in [0, 0.1) is 17.0 Å². The molecule has 0 saturated carbocycles. The highest BCUT2D eigenvalue weighted by Crippen LogP contribution is 2.15. The smallest absolute Gasteiger partial charge is 0.268 e. The zero-order valence-electron chi connectivity index (χ0n) is 13.7. The number of benzene rings is 2. The molecule has 0 fully saturated rings. The minimum Gasteiger partial charge on any atom is -0.268 e. The zero-order chi connectivity index (χ0) is 18.8. The van der Waals surface area contributed by atoms with Crippen LogP contribution in [-0.4, -0.2) is 20.0 Å². The van der Waals surface area contributed by atoms with Crippen molar-refractivity contribution < 1.29 is 9.72 Å². The number of aromatic nitrogens is 2. The second kappa shape index (κ2) is 6.60. The molecule has 26 heavy (non-hydrogen) atoms. The summed E-state index contributed by atoms with van der Waals surface area (Å²) in [5, 5.41) is 11.0. The fourth-order valence-electron chi connectivity index (χ4n) is 2.51. The Labute approximate surface area is 146 Å². The van der Waals surface area contributed by atoms with Gasteiger partial charge in [0.25, 0.3) is 17.2 Å². The van der Waals surface area contributed by atoms with Crippen molar-refractivity contribution in [2.75, 3.05) is 0 Å². The minimum absolute atomic E-state index is 0.153. The number of nitro benzene ring substituents is 1. The summed E-state index contributed by atoms with van der Waals surface area (Å²) in [5.74, 6) is -0.761. The molecule has 2 aromatic carbocycles. The van der Waals surface area contributed by atoms with Crippen LogP contribution in [0.2, 0.25) is 0 Å². The van der Waals surface area contributed by atoms with E-state index in [4.69, 9.17) is 0 Å². The van der Waals surface area contributed by atoms with Crippen molar-refractivity contribution in [2.45, 2.75) is 6.92 Å². The van der Waals surface area contributed by atoms with Gasteiger partial charge in [0.2, 0.25) is 0 Å². The Kier molecular flexibility index (Phi) is 4.32. The molecule has 1 aromatic heterocycles. The van der Waals surface area contributed by atoms with E-state index in [2.05, 4.69) is 0 Å². The Bertz CT molecular complexity index is 1130. The van der Waals surface area contributed by atoms with Crippen LogP contribution in [0.15, 0.2) is 70.4 Å². The lowest BCUT2D eigenvalue weighted by Crippen LogP contribution is -2.44. The Morgan fingerprint density at radius 2 is 1.73 bits per heavy atom. The summed E-state index contributed by atoms with van der Waals surface area (Å²) in [5.41, 5.74) is -1.31. The number of nitro groups is 1. The molecule has 0 amide bonds. The van der Waals surface area contributed by atoms with Crippen LogP contribution in [0.5, 0.6) is 0 Å². The second-order valence-electron chi connectivity index (χ2n) is 5.55. The molecule has 3 aromatic rings. The summed E-state index contributed by atoms with van der Waals surface area (Å²) in [6, 6.07) is 13.3. The molecule has 0 unspecified atom stereocenters. The van der Waals surface area contributed by atoms with Crippen LogP contribution in [0.3, 0.4) is 0 Å². The van der Waals surface area contributed by atoms with E-state index in [1.54, 1.807) is 18.2 Å². The Morgan fingerprint density at radius 1 is 1.04 bits per heavy atom. The fraction of sp³-hybridized carbons (Fsp3) is 0.0556. The lowest BCUT2D eigenvalue weighted by molar-refractivity contribution is -0.384. The summed E-state index contributed by atoms with van der Waals surface area (Å²) in [4.78, 5) is 48.2. The van der Waals surface area contributed by atoms with Crippen LogP contribution >= 0.6 is 0 Å². The van der Waals surface area contributed by atoms with E-state index < -0.39 is 22.1 Å². The van der Waals surface area contributed by atoms with Crippen molar-refractivity contribution in [1.29, 1.82) is 0 Å². The molecular formula is C18H13N3O5. The van der Waals surface area contributed by atoms with Crippen LogP contribution in [0.25, 0.3) is 5.69 Å². The SMILES string of the molecule is Cc1cn(-c2cccc([N+](=O)[O-])c2)c(=O)n(C(=O)c2ccccc2)c1=O. The van der Waals surface area contributed by atoms with Crippen molar-refractivity contribution in [3.8, 4) is 5.69 Å². The minimum atomic E-state index is -0.894. The van der Waals surface area contributed by atoms with Gasteiger partial charge in [-0.2, -0.15) is 4.57 Å². The van der Waals surface area contributed by atoms with Crippen LogP contribution in [0.4, 0.5) is 5.69 Å². The molecule has 1 heterocycles. The predicted octanol–water partition coefficient (Wildman–Crippen LogP) is 1.90. The molecule has 0 spiro atoms. The largest absolute Gasteiger partial charge is 0.342 e. The predicted molar refractivity (Wildman–Crippen MR) is 93.9 cm³/mol. The number of non-ortho nitro benzene ring substituents is 1. The van der Waals surface area contributed by atoms with Gasteiger partial charge in [0.15, 0.2) is 0 Å². The fourth-order valence-corrected chi connectivity index (χ4v) is 2.51. The van der Waals surface area contributed by atoms with Gasteiger partial charge in [-0.15, -0.1) is 0 Å². The van der Waals surface area contributed by atoms with Gasteiger partial charge >= 0.3 is 5.69 Å². The first-order chi connectivity index (χ1) is 12.4. The van der Waals surface area contributed by atoms with Gasteiger partial charge < -0.3 is 0 Å². The van der Waals surface area contributed by atoms with Gasteiger partial charge in [-0.3, -0.25) is 24.3 Å². The van der Waals surface area contributed by atoms with Crippen LogP contribution in [0.1, 0.15) is 15.9 Å². The molecule has 3 rings (SSSR count). The number of nitrogens with zero attached hydrogens (tertiary/aromatic N) is 3. The molecule has 0 aliphatic heterocycles. The number of rotatable bonds is 3. The summed E-state index contributed by atoms with van der Waals surface area (Å²) in [6.07, 6.45) is 1.26. The van der Waals surface area contributed by atoms with E-state index in [1.165, 1.54) is 49.5 Å². The number of hydrogen-bond acceptors (Lipinski definition) is 5. The average molecular weight is 351 g/mol. The summed E-state index contributed by atoms with van der Waals surface area (Å²) >= 11 is 0. The maximum absolute atomic E-state index is 12.8. The highest BCUT2D eigenvalue weighted by molar-refractivity contribution is 5.95. The molecule has 8 nitrogen and oxygen atoms in total. The molecule has 0 radical (unpaired) electrons. The lowest BCUT2D eigenvalue weighted by Gasteiger charge is -2.11. The van der Waals surface area contributed by atoms with E-state index in [9.17, 15) is 24.5 Å². The third-order valence-corrected chi connectivity index (χ3v) is 3.80. The summed E-state index contributed by atoms with van der Waals surface area (Å²) in [6.45, 7) is 1.46. The molecule has 0 aliphatic carbocycles. The number of carbonyl (C=O) groups excluding carboxylic acids is 1. The first-order valence-corrected chi connectivity index (χ1v) is 7.60. The van der Waals surface area contributed by atoms with E-state index >= 15 is 0 Å². The van der Waals surface area contributed by atoms with Crippen LogP contribution < -0.4 is 11.2 Å². The summed E-state index contributed by atoms with van der Waals surface area (Å²) in [7, 11) is 0. The maximum atomic E-state index is 12.8. The van der Waals surface area contributed by atoms with Gasteiger partial charge in [0.05, 0.1) is 10.6 Å². The topological polar surface area (TPSA) is 104 Å². The Morgan fingerprint density at radius 3 is 2.38 bits per heavy atom. The van der Waals surface area contributed by atoms with E-state index in [0.29, 0.717) is 4.57 Å². The average Bonchev–Trinajstić information content (AvgIpc) is 2.65. The summed E-state index contributed by atoms with van der Waals surface area (Å²) < 4.78 is 1.58. The van der Waals surface area contributed by atoms with E-state index in [0.717, 1.165) is 4.57 Å². The number of aryl methyl sites for hydroxylation is 1. The van der Waals surface area contributed by atoms with Gasteiger partial charge in [0, 0.05) is 29.5 Å². The van der Waals surface area contributed by atoms with Crippen molar-refractivity contribution in [3.05, 3.63) is 103 Å². The molecule has 130 valence electrons. The molecule has 0 bridgehead atoms. The molecule has 0 N–H and O–H groups in total. The lowest BCUT2D eigenvalue weighted by atomic mass is 10.2. The number of hydrogen-bond donors (Lipinski definition) is 0. The van der Waals surface area contributed by atoms with Crippen LogP contribution in [-0.2, 0) is 0 Å². The van der Waals surface area contributed by atoms with Crippen molar-refractivity contribution >= 4 is 11.6 Å². The second-order valence-corrected chi connectivity index (χ2v) is 5.55. The van der Waals surface area contributed by atoms with Gasteiger partial charge in [-0.1, -0.05) is 24.3 Å². The quantitative estimate of drug-likeness (QED) is 0.529. The van der Waals surface area contributed by atoms with Gasteiger partial charge in [-0.05, 0) is 25.1 Å². The first kappa shape index (κ1) is 17.0. The molecule has 0 saturated heterocycles. The van der Waals surface area contributed by atoms with Crippen molar-refractivity contribution in [3.63, 3.8) is 0 Å². The van der Waals surface area contributed by atoms with Gasteiger partial charge in [-0.25, -0.2) is 4.79 Å². The Balaban J connectivity index is 2.25. The van der Waals surface area contributed by atoms with Crippen molar-refractivity contribution in [1.82, 2.24) is 9.13 Å². The highest BCUT2D eigenvalue weighted by atomic mass is 16.6. The molecule has 0 atom stereocenters. The Hall–Kier alpha value is -3.81. The third kappa shape index (κ3) is 2.95. The molecule has 8 heteroatoms. The highest BCUT2D eigenvalue weighted by Gasteiger charge is 2.18. The number of carbonyl (C=O) groups is 1.